The molecule has 0 saturated carbocycles. The molecule has 0 spiro atoms. The summed E-state index contributed by atoms with van der Waals surface area (Å²) in [5, 5.41) is 8.48. The molecule has 0 aliphatic heterocycles. The first-order valence-corrected chi connectivity index (χ1v) is 6.68. The number of benzene rings is 2. The lowest BCUT2D eigenvalue weighted by Gasteiger charge is -2.00. The van der Waals surface area contributed by atoms with Gasteiger partial charge in [-0.05, 0) is 23.8 Å². The highest BCUT2D eigenvalue weighted by Gasteiger charge is 1.99. The molecule has 0 aliphatic carbocycles. The Hall–Kier alpha value is -2.59. The van der Waals surface area contributed by atoms with Crippen molar-refractivity contribution in [3.63, 3.8) is 0 Å². The van der Waals surface area contributed by atoms with Crippen LogP contribution in [0.3, 0.4) is 0 Å². The van der Waals surface area contributed by atoms with Crippen molar-refractivity contribution in [3.05, 3.63) is 76.8 Å². The zero-order valence-electron chi connectivity index (χ0n) is 11.3. The maximum atomic E-state index is 5.86. The van der Waals surface area contributed by atoms with Crippen LogP contribution in [-0.2, 0) is 0 Å². The van der Waals surface area contributed by atoms with Crippen molar-refractivity contribution < 1.29 is 0 Å². The summed E-state index contributed by atoms with van der Waals surface area (Å²) in [5.41, 5.74) is 13.2. The molecule has 0 atom stereocenters. The summed E-state index contributed by atoms with van der Waals surface area (Å²) in [7, 11) is 0. The monoisotopic (exact) mass is 298 g/mol. The number of nitrogens with two attached hydrogens (primary N) is 2. The summed E-state index contributed by atoms with van der Waals surface area (Å²) in [4.78, 5) is 0. The third-order valence-electron chi connectivity index (χ3n) is 2.65. The number of halogens is 1. The maximum Gasteiger partial charge on any atom is 0.211 e. The molecule has 2 aromatic carbocycles. The van der Waals surface area contributed by atoms with Crippen molar-refractivity contribution in [1.82, 2.24) is 0 Å². The highest BCUT2D eigenvalue weighted by Crippen LogP contribution is 2.12. The van der Waals surface area contributed by atoms with Gasteiger partial charge in [0.25, 0.3) is 0 Å². The summed E-state index contributed by atoms with van der Waals surface area (Å²) in [6.45, 7) is 0. The number of nitrogens with zero attached hydrogens (tertiary/aromatic N) is 2. The van der Waals surface area contributed by atoms with Crippen molar-refractivity contribution in [2.24, 2.45) is 21.7 Å². The highest BCUT2D eigenvalue weighted by molar-refractivity contribution is 6.30. The van der Waals surface area contributed by atoms with Crippen LogP contribution in [-0.4, -0.2) is 11.7 Å². The van der Waals surface area contributed by atoms with Crippen LogP contribution in [0.5, 0.6) is 0 Å². The van der Waals surface area contributed by atoms with E-state index in [9.17, 15) is 0 Å². The van der Waals surface area contributed by atoms with Crippen LogP contribution in [0, 0.1) is 0 Å². The highest BCUT2D eigenvalue weighted by atomic mass is 35.5. The first-order chi connectivity index (χ1) is 10.1. The summed E-state index contributed by atoms with van der Waals surface area (Å²) in [6.07, 6.45) is 3.77. The van der Waals surface area contributed by atoms with Crippen LogP contribution in [0.15, 0.2) is 70.9 Å². The summed E-state index contributed by atoms with van der Waals surface area (Å²) < 4.78 is 0. The van der Waals surface area contributed by atoms with E-state index in [1.807, 2.05) is 66.7 Å². The first kappa shape index (κ1) is 14.8. The van der Waals surface area contributed by atoms with Crippen molar-refractivity contribution >= 4 is 29.3 Å². The van der Waals surface area contributed by atoms with Crippen molar-refractivity contribution in [2.75, 3.05) is 0 Å². The van der Waals surface area contributed by atoms with Gasteiger partial charge in [0.15, 0.2) is 0 Å². The van der Waals surface area contributed by atoms with Crippen LogP contribution in [0.2, 0.25) is 5.02 Å². The molecular formula is C16H15ClN4. The second-order valence-electron chi connectivity index (χ2n) is 4.26. The Balaban J connectivity index is 2.30. The lowest BCUT2D eigenvalue weighted by atomic mass is 10.1. The van der Waals surface area contributed by atoms with Gasteiger partial charge < -0.3 is 11.5 Å². The topological polar surface area (TPSA) is 76.8 Å². The van der Waals surface area contributed by atoms with Crippen LogP contribution >= 0.6 is 11.6 Å². The van der Waals surface area contributed by atoms with E-state index in [1.54, 1.807) is 0 Å². The van der Waals surface area contributed by atoms with Gasteiger partial charge >= 0.3 is 0 Å². The van der Waals surface area contributed by atoms with Gasteiger partial charge in [-0.3, -0.25) is 0 Å². The molecule has 2 aromatic rings. The van der Waals surface area contributed by atoms with Gasteiger partial charge in [0.2, 0.25) is 5.96 Å². The molecule has 21 heavy (non-hydrogen) atoms. The second-order valence-corrected chi connectivity index (χ2v) is 4.70. The standard InChI is InChI=1S/C16H15ClN4/c17-14-9-6-12(7-10-14)8-11-15(20-21-16(18)19)13-4-2-1-3-5-13/h1-11H,(H4,18,19,21)/b11-8+,20-15-. The minimum absolute atomic E-state index is 0.0803. The summed E-state index contributed by atoms with van der Waals surface area (Å²) in [5.74, 6) is -0.0803. The van der Waals surface area contributed by atoms with Gasteiger partial charge in [0, 0.05) is 10.6 Å². The van der Waals surface area contributed by atoms with E-state index < -0.39 is 0 Å². The SMILES string of the molecule is NC(N)=N/N=C(/C=C/c1ccc(Cl)cc1)c1ccccc1. The molecule has 2 rings (SSSR count). The van der Waals surface area contributed by atoms with Crippen LogP contribution < -0.4 is 11.5 Å². The molecule has 0 aliphatic rings. The largest absolute Gasteiger partial charge is 0.369 e. The molecule has 106 valence electrons. The van der Waals surface area contributed by atoms with E-state index in [2.05, 4.69) is 10.2 Å². The molecule has 0 bridgehead atoms. The average Bonchev–Trinajstić information content (AvgIpc) is 2.50. The number of allylic oxidation sites excluding steroid dienone is 1. The Kier molecular flexibility index (Phi) is 5.12. The molecule has 4 N–H and O–H groups in total. The van der Waals surface area contributed by atoms with E-state index in [1.165, 1.54) is 0 Å². The number of rotatable bonds is 4. The lowest BCUT2D eigenvalue weighted by molar-refractivity contribution is 1.20. The van der Waals surface area contributed by atoms with Gasteiger partial charge in [-0.1, -0.05) is 60.1 Å². The van der Waals surface area contributed by atoms with Crippen LogP contribution in [0.25, 0.3) is 6.08 Å². The predicted octanol–water partition coefficient (Wildman–Crippen LogP) is 3.03. The van der Waals surface area contributed by atoms with Crippen molar-refractivity contribution in [3.8, 4) is 0 Å². The number of hydrogen-bond donors (Lipinski definition) is 2. The molecule has 0 saturated heterocycles. The smallest absolute Gasteiger partial charge is 0.211 e. The fourth-order valence-electron chi connectivity index (χ4n) is 1.66. The van der Waals surface area contributed by atoms with Crippen molar-refractivity contribution in [1.29, 1.82) is 0 Å². The van der Waals surface area contributed by atoms with Gasteiger partial charge in [-0.2, -0.15) is 0 Å². The number of hydrogen-bond acceptors (Lipinski definition) is 2. The number of guanidine groups is 1. The second kappa shape index (κ2) is 7.26. The molecule has 0 radical (unpaired) electrons. The Labute approximate surface area is 128 Å². The molecule has 0 heterocycles. The Bertz CT molecular complexity index is 669. The Morgan fingerprint density at radius 3 is 2.19 bits per heavy atom. The normalized spacial score (nSPS) is 11.6. The van der Waals surface area contributed by atoms with E-state index in [4.69, 9.17) is 23.1 Å². The van der Waals surface area contributed by atoms with E-state index >= 15 is 0 Å². The van der Waals surface area contributed by atoms with Crippen LogP contribution in [0.1, 0.15) is 11.1 Å². The zero-order valence-corrected chi connectivity index (χ0v) is 12.0. The van der Waals surface area contributed by atoms with Crippen molar-refractivity contribution in [2.45, 2.75) is 0 Å². The Morgan fingerprint density at radius 1 is 0.905 bits per heavy atom. The lowest BCUT2D eigenvalue weighted by Crippen LogP contribution is -2.22. The fraction of sp³-hybridized carbons (Fsp3) is 0. The average molecular weight is 299 g/mol. The molecule has 0 aromatic heterocycles. The third kappa shape index (κ3) is 4.78. The van der Waals surface area contributed by atoms with Gasteiger partial charge in [-0.15, -0.1) is 10.2 Å². The summed E-state index contributed by atoms with van der Waals surface area (Å²) in [6, 6.07) is 17.2. The summed E-state index contributed by atoms with van der Waals surface area (Å²) >= 11 is 5.86. The quantitative estimate of drug-likeness (QED) is 0.517. The zero-order chi connectivity index (χ0) is 15.1. The van der Waals surface area contributed by atoms with Gasteiger partial charge in [0.05, 0.1) is 5.71 Å². The molecule has 5 heteroatoms. The molecule has 0 unspecified atom stereocenters. The molecule has 0 amide bonds. The minimum Gasteiger partial charge on any atom is -0.369 e. The van der Waals surface area contributed by atoms with Gasteiger partial charge in [0.1, 0.15) is 0 Å². The fourth-order valence-corrected chi connectivity index (χ4v) is 1.78. The van der Waals surface area contributed by atoms with Crippen LogP contribution in [0.4, 0.5) is 0 Å². The predicted molar refractivity (Wildman–Crippen MR) is 89.3 cm³/mol. The van der Waals surface area contributed by atoms with E-state index in [0.29, 0.717) is 10.7 Å². The third-order valence-corrected chi connectivity index (χ3v) is 2.90. The molecular weight excluding hydrogens is 284 g/mol. The van der Waals surface area contributed by atoms with Gasteiger partial charge in [-0.25, -0.2) is 0 Å². The Morgan fingerprint density at radius 2 is 1.57 bits per heavy atom. The molecule has 4 nitrogen and oxygen atoms in total. The van der Waals surface area contributed by atoms with E-state index in [-0.39, 0.29) is 5.96 Å². The maximum absolute atomic E-state index is 5.86. The van der Waals surface area contributed by atoms with E-state index in [0.717, 1.165) is 11.1 Å². The minimum atomic E-state index is -0.0803. The molecule has 0 fully saturated rings. The first-order valence-electron chi connectivity index (χ1n) is 6.31.